The fourth-order valence-corrected chi connectivity index (χ4v) is 4.39. The zero-order chi connectivity index (χ0) is 29.4. The minimum absolute atomic E-state index is 0.135. The Morgan fingerprint density at radius 3 is 2.55 bits per heavy atom. The number of nitrogens with zero attached hydrogens (tertiary/aromatic N) is 6. The minimum Gasteiger partial charge on any atom is -0.480 e. The van der Waals surface area contributed by atoms with Gasteiger partial charge in [0.05, 0.1) is 57.7 Å². The van der Waals surface area contributed by atoms with E-state index >= 15 is 0 Å². The highest BCUT2D eigenvalue weighted by Crippen LogP contribution is 2.44. The number of likely N-dealkylation sites (N-methyl/N-ethyl adjacent to an activating group) is 1. The Kier molecular flexibility index (Phi) is 10.8. The quantitative estimate of drug-likeness (QED) is 0.230. The third-order valence-electron chi connectivity index (χ3n) is 6.74. The maximum absolute atomic E-state index is 12.1. The van der Waals surface area contributed by atoms with E-state index in [0.717, 1.165) is 30.5 Å². The second-order valence-corrected chi connectivity index (χ2v) is 11.3. The molecule has 0 aliphatic heterocycles. The highest BCUT2D eigenvalue weighted by atomic mass is 32.2. The van der Waals surface area contributed by atoms with Gasteiger partial charge in [0.2, 0.25) is 5.88 Å². The van der Waals surface area contributed by atoms with Crippen molar-refractivity contribution in [1.82, 2.24) is 25.2 Å². The first-order valence-corrected chi connectivity index (χ1v) is 14.8. The van der Waals surface area contributed by atoms with Gasteiger partial charge < -0.3 is 15.0 Å². The number of hydrogen-bond donors (Lipinski definition) is 1. The number of methoxy groups -OCH3 is 1. The normalized spacial score (nSPS) is 15.2. The first kappa shape index (κ1) is 30.8. The summed E-state index contributed by atoms with van der Waals surface area (Å²) in [7, 11) is 2.42. The lowest BCUT2D eigenvalue weighted by molar-refractivity contribution is -0.102. The Bertz CT molecular complexity index is 1340. The lowest BCUT2D eigenvalue weighted by atomic mass is 10.1. The van der Waals surface area contributed by atoms with Crippen LogP contribution in [0.4, 0.5) is 0 Å². The molecule has 0 aromatic carbocycles. The molecule has 0 saturated heterocycles. The summed E-state index contributed by atoms with van der Waals surface area (Å²) in [6.07, 6.45) is 8.33. The largest absolute Gasteiger partial charge is 0.480 e. The van der Waals surface area contributed by atoms with E-state index < -0.39 is 10.8 Å². The zero-order valence-electron chi connectivity index (χ0n) is 24.4. The van der Waals surface area contributed by atoms with Crippen LogP contribution in [0, 0.1) is 0 Å². The molecular formula is C29H39N7O3S. The number of carbonyl (C=O) groups is 1. The molecule has 1 aliphatic rings. The molecule has 10 nitrogen and oxygen atoms in total. The number of allylic oxidation sites excluding steroid dienone is 1. The van der Waals surface area contributed by atoms with Crippen LogP contribution in [0.25, 0.3) is 5.70 Å². The molecule has 3 rings (SSSR count). The predicted molar refractivity (Wildman–Crippen MR) is 160 cm³/mol. The highest BCUT2D eigenvalue weighted by molar-refractivity contribution is 7.84. The molecule has 0 radical (unpaired) electrons. The summed E-state index contributed by atoms with van der Waals surface area (Å²) in [6.45, 7) is 12.6. The van der Waals surface area contributed by atoms with E-state index in [0.29, 0.717) is 51.5 Å². The Balaban J connectivity index is 2.00. The number of nitrogens with one attached hydrogen (secondary N) is 1. The third-order valence-corrected chi connectivity index (χ3v) is 7.65. The van der Waals surface area contributed by atoms with Gasteiger partial charge in [-0.2, -0.15) is 0 Å². The van der Waals surface area contributed by atoms with E-state index in [1.165, 1.54) is 6.33 Å². The van der Waals surface area contributed by atoms with Gasteiger partial charge in [0, 0.05) is 31.5 Å². The van der Waals surface area contributed by atoms with Crippen molar-refractivity contribution in [2.24, 2.45) is 9.98 Å². The molecule has 2 heterocycles. The monoisotopic (exact) mass is 565 g/mol. The Labute approximate surface area is 239 Å². The standard InChI is InChI=1S/C29H39N7O3S/c1-9-19(4)36(6)28(34-20(5)25-27(21-10-11-21)32-17-33-29(25)39-7)26(18(2)3)35-24(16-37)31-14-22-12-13-23(15-30-22)40(8)38/h12-13,15-17,19,21H,5,9-11,14H2,1-4,6-8H3,(H,31,35)/t19-,40?/m0/s1. The highest BCUT2D eigenvalue weighted by Gasteiger charge is 2.31. The molecular weight excluding hydrogens is 526 g/mol. The fourth-order valence-electron chi connectivity index (χ4n) is 3.93. The van der Waals surface area contributed by atoms with E-state index in [1.54, 1.807) is 31.7 Å². The molecule has 40 heavy (non-hydrogen) atoms. The summed E-state index contributed by atoms with van der Waals surface area (Å²) in [5.41, 5.74) is 4.26. The van der Waals surface area contributed by atoms with E-state index in [1.807, 2.05) is 20.9 Å². The van der Waals surface area contributed by atoms with E-state index in [2.05, 4.69) is 50.6 Å². The molecule has 2 atom stereocenters. The van der Waals surface area contributed by atoms with Crippen LogP contribution in [0.5, 0.6) is 5.88 Å². The van der Waals surface area contributed by atoms with Crippen LogP contribution in [0.2, 0.25) is 0 Å². The van der Waals surface area contributed by atoms with Crippen molar-refractivity contribution in [2.75, 3.05) is 20.4 Å². The molecule has 214 valence electrons. The summed E-state index contributed by atoms with van der Waals surface area (Å²) < 4.78 is 17.2. The maximum Gasteiger partial charge on any atom is 0.226 e. The van der Waals surface area contributed by atoms with Crippen LogP contribution in [-0.2, 0) is 22.1 Å². The van der Waals surface area contributed by atoms with Crippen molar-refractivity contribution in [3.8, 4) is 5.88 Å². The summed E-state index contributed by atoms with van der Waals surface area (Å²) in [6, 6.07) is 3.64. The zero-order valence-corrected chi connectivity index (χ0v) is 25.2. The number of amidine groups is 2. The lowest BCUT2D eigenvalue weighted by Gasteiger charge is -2.30. The van der Waals surface area contributed by atoms with Crippen LogP contribution in [0.15, 0.2) is 57.4 Å². The molecule has 1 aliphatic carbocycles. The van der Waals surface area contributed by atoms with Crippen molar-refractivity contribution in [3.05, 3.63) is 59.5 Å². The molecule has 1 N–H and O–H groups in total. The minimum atomic E-state index is -1.12. The number of pyridine rings is 1. The molecule has 1 fully saturated rings. The van der Waals surface area contributed by atoms with Crippen LogP contribution < -0.4 is 10.1 Å². The molecule has 0 bridgehead atoms. The molecule has 2 aromatic heterocycles. The van der Waals surface area contributed by atoms with Gasteiger partial charge in [0.25, 0.3) is 0 Å². The Hall–Kier alpha value is -3.73. The summed E-state index contributed by atoms with van der Waals surface area (Å²) >= 11 is 0. The van der Waals surface area contributed by atoms with Gasteiger partial charge in [-0.05, 0) is 57.7 Å². The number of hydrogen-bond acceptors (Lipinski definition) is 8. The smallest absolute Gasteiger partial charge is 0.226 e. The number of aromatic nitrogens is 3. The van der Waals surface area contributed by atoms with Crippen LogP contribution in [0.1, 0.15) is 69.8 Å². The molecule has 1 unspecified atom stereocenters. The van der Waals surface area contributed by atoms with Crippen LogP contribution in [0.3, 0.4) is 0 Å². The first-order chi connectivity index (χ1) is 19.1. The van der Waals surface area contributed by atoms with Gasteiger partial charge in [0.15, 0.2) is 18.0 Å². The maximum atomic E-state index is 12.1. The van der Waals surface area contributed by atoms with E-state index in [9.17, 15) is 9.00 Å². The predicted octanol–water partition coefficient (Wildman–Crippen LogP) is 4.28. The lowest BCUT2D eigenvalue weighted by Crippen LogP contribution is -2.41. The average Bonchev–Trinajstić information content (AvgIpc) is 3.80. The van der Waals surface area contributed by atoms with Crippen molar-refractivity contribution < 1.29 is 13.7 Å². The molecule has 0 amide bonds. The number of rotatable bonds is 12. The second kappa shape index (κ2) is 14.1. The Morgan fingerprint density at radius 1 is 1.30 bits per heavy atom. The number of ether oxygens (including phenoxy) is 1. The molecule has 2 aromatic rings. The fraction of sp³-hybridized carbons (Fsp3) is 0.448. The number of aliphatic imine (C=N–C) groups is 2. The van der Waals surface area contributed by atoms with Crippen LogP contribution >= 0.6 is 0 Å². The van der Waals surface area contributed by atoms with Crippen molar-refractivity contribution in [3.63, 3.8) is 0 Å². The van der Waals surface area contributed by atoms with E-state index in [4.69, 9.17) is 9.73 Å². The average molecular weight is 566 g/mol. The van der Waals surface area contributed by atoms with Gasteiger partial charge >= 0.3 is 0 Å². The van der Waals surface area contributed by atoms with Crippen molar-refractivity contribution in [2.45, 2.75) is 70.4 Å². The topological polar surface area (TPSA) is 122 Å². The molecule has 0 spiro atoms. The summed E-state index contributed by atoms with van der Waals surface area (Å²) in [4.78, 5) is 37.4. The SMILES string of the molecule is C=C(N=C(C(NC(C=O)=NCc1ccc(S(C)=O)cn1)=C(C)C)N(C)[C@@H](C)CC)c1c(OC)ncnc1C1CC1. The van der Waals surface area contributed by atoms with Gasteiger partial charge in [-0.15, -0.1) is 0 Å². The van der Waals surface area contributed by atoms with Gasteiger partial charge in [0.1, 0.15) is 6.33 Å². The van der Waals surface area contributed by atoms with Gasteiger partial charge in [-0.1, -0.05) is 13.5 Å². The summed E-state index contributed by atoms with van der Waals surface area (Å²) in [5, 5.41) is 3.21. The molecule has 1 saturated carbocycles. The van der Waals surface area contributed by atoms with Crippen LogP contribution in [-0.4, -0.2) is 68.5 Å². The van der Waals surface area contributed by atoms with E-state index in [-0.39, 0.29) is 18.4 Å². The molecule has 11 heteroatoms. The third kappa shape index (κ3) is 7.68. The van der Waals surface area contributed by atoms with Crippen molar-refractivity contribution >= 4 is 34.5 Å². The second-order valence-electron chi connectivity index (χ2n) is 9.93. The van der Waals surface area contributed by atoms with Crippen molar-refractivity contribution in [1.29, 1.82) is 0 Å². The van der Waals surface area contributed by atoms with Gasteiger partial charge in [-0.25, -0.2) is 15.0 Å². The number of carbonyl (C=O) groups excluding carboxylic acids is 1. The summed E-state index contributed by atoms with van der Waals surface area (Å²) in [5.74, 6) is 1.51. The number of aldehydes is 1. The Morgan fingerprint density at radius 2 is 2.02 bits per heavy atom. The van der Waals surface area contributed by atoms with Gasteiger partial charge in [-0.3, -0.25) is 19.0 Å². The first-order valence-electron chi connectivity index (χ1n) is 13.2.